The Kier molecular flexibility index (Phi) is 8.37. The van der Waals surface area contributed by atoms with E-state index in [0.29, 0.717) is 13.0 Å². The van der Waals surface area contributed by atoms with E-state index in [0.717, 1.165) is 38.5 Å². The molecular weight excluding hydrogens is 470 g/mol. The van der Waals surface area contributed by atoms with Gasteiger partial charge in [0.1, 0.15) is 23.4 Å². The number of rotatable bonds is 9. The normalized spacial score (nSPS) is 40.0. The van der Waals surface area contributed by atoms with E-state index in [9.17, 15) is 9.59 Å². The highest BCUT2D eigenvalue weighted by atomic mass is 32.1. The first-order valence-electron chi connectivity index (χ1n) is 12.8. The number of hydrogen-bond donors (Lipinski definition) is 4. The molecule has 4 fully saturated rings. The molecular formula is C25H41N3O6S. The molecule has 1 spiro atoms. The van der Waals surface area contributed by atoms with Gasteiger partial charge in [-0.15, -0.1) is 0 Å². The fraction of sp³-hybridized carbons (Fsp3) is 0.840. The SMILES string of the molecule is COC1C(OC(=O)N[C@H]2CC[C@H](NC(=O)CNS)CC2)CC[C@]2(CO2)C1[C@]1(C)OC1CC=C(C)C. The van der Waals surface area contributed by atoms with Crippen LogP contribution in [0.25, 0.3) is 0 Å². The predicted molar refractivity (Wildman–Crippen MR) is 134 cm³/mol. The van der Waals surface area contributed by atoms with E-state index in [4.69, 9.17) is 18.9 Å². The first-order valence-corrected chi connectivity index (χ1v) is 13.3. The Labute approximate surface area is 214 Å². The van der Waals surface area contributed by atoms with Crippen molar-refractivity contribution in [2.45, 2.75) is 107 Å². The molecule has 4 aliphatic rings. The van der Waals surface area contributed by atoms with Gasteiger partial charge in [-0.25, -0.2) is 4.79 Å². The molecule has 10 heteroatoms. The molecule has 35 heavy (non-hydrogen) atoms. The highest BCUT2D eigenvalue weighted by molar-refractivity contribution is 7.78. The molecule has 0 aromatic heterocycles. The lowest BCUT2D eigenvalue weighted by Gasteiger charge is -2.42. The quantitative estimate of drug-likeness (QED) is 0.214. The molecule has 2 heterocycles. The Bertz CT molecular complexity index is 809. The summed E-state index contributed by atoms with van der Waals surface area (Å²) in [4.78, 5) is 24.6. The number of nitrogens with one attached hydrogen (secondary N) is 3. The maximum atomic E-state index is 12.8. The van der Waals surface area contributed by atoms with Gasteiger partial charge in [0.2, 0.25) is 5.91 Å². The number of ether oxygens (including phenoxy) is 4. The molecule has 0 aromatic rings. The number of carbonyl (C=O) groups is 2. The number of amides is 2. The maximum absolute atomic E-state index is 12.8. The van der Waals surface area contributed by atoms with Gasteiger partial charge in [-0.3, -0.25) is 9.52 Å². The summed E-state index contributed by atoms with van der Waals surface area (Å²) in [7, 11) is 1.68. The number of thiol groups is 1. The largest absolute Gasteiger partial charge is 0.443 e. The summed E-state index contributed by atoms with van der Waals surface area (Å²) in [6, 6.07) is 0.165. The maximum Gasteiger partial charge on any atom is 0.407 e. The first kappa shape index (κ1) is 26.7. The van der Waals surface area contributed by atoms with Crippen LogP contribution >= 0.6 is 12.8 Å². The summed E-state index contributed by atoms with van der Waals surface area (Å²) in [6.45, 7) is 7.21. The minimum Gasteiger partial charge on any atom is -0.443 e. The number of carbonyl (C=O) groups excluding carboxylic acids is 2. The van der Waals surface area contributed by atoms with Crippen LogP contribution in [0, 0.1) is 5.92 Å². The first-order chi connectivity index (χ1) is 16.7. The molecule has 0 radical (unpaired) electrons. The lowest BCUT2D eigenvalue weighted by Crippen LogP contribution is -2.56. The van der Waals surface area contributed by atoms with Crippen molar-refractivity contribution in [3.63, 3.8) is 0 Å². The second kappa shape index (κ2) is 11.0. The van der Waals surface area contributed by atoms with Crippen molar-refractivity contribution < 1.29 is 28.5 Å². The number of hydrogen-bond acceptors (Lipinski definition) is 8. The van der Waals surface area contributed by atoms with Gasteiger partial charge in [0.15, 0.2) is 0 Å². The summed E-state index contributed by atoms with van der Waals surface area (Å²) >= 11 is 3.86. The van der Waals surface area contributed by atoms with Crippen LogP contribution in [0.5, 0.6) is 0 Å². The molecule has 2 aliphatic heterocycles. The van der Waals surface area contributed by atoms with Gasteiger partial charge in [0.05, 0.1) is 25.2 Å². The molecule has 198 valence electrons. The topological polar surface area (TPSA) is 114 Å². The van der Waals surface area contributed by atoms with Crippen LogP contribution in [-0.2, 0) is 23.7 Å². The van der Waals surface area contributed by atoms with E-state index in [1.54, 1.807) is 7.11 Å². The molecule has 9 nitrogen and oxygen atoms in total. The second-order valence-corrected chi connectivity index (χ2v) is 11.2. The van der Waals surface area contributed by atoms with E-state index < -0.39 is 6.09 Å². The third-order valence-corrected chi connectivity index (χ3v) is 8.31. The van der Waals surface area contributed by atoms with E-state index in [1.165, 1.54) is 5.57 Å². The molecule has 0 bridgehead atoms. The van der Waals surface area contributed by atoms with Crippen molar-refractivity contribution in [2.75, 3.05) is 20.3 Å². The van der Waals surface area contributed by atoms with Crippen molar-refractivity contribution in [3.8, 4) is 0 Å². The van der Waals surface area contributed by atoms with E-state index in [1.807, 2.05) is 0 Å². The fourth-order valence-corrected chi connectivity index (χ4v) is 6.28. The Hall–Kier alpha value is -1.33. The van der Waals surface area contributed by atoms with Crippen LogP contribution in [0.3, 0.4) is 0 Å². The van der Waals surface area contributed by atoms with Gasteiger partial charge < -0.3 is 29.6 Å². The summed E-state index contributed by atoms with van der Waals surface area (Å²) in [5.41, 5.74) is 0.681. The van der Waals surface area contributed by atoms with Crippen molar-refractivity contribution >= 4 is 24.8 Å². The molecule has 2 saturated carbocycles. The van der Waals surface area contributed by atoms with Gasteiger partial charge in [-0.1, -0.05) is 24.5 Å². The van der Waals surface area contributed by atoms with Crippen LogP contribution in [0.1, 0.15) is 65.7 Å². The zero-order chi connectivity index (χ0) is 25.2. The molecule has 3 N–H and O–H groups in total. The van der Waals surface area contributed by atoms with E-state index in [-0.39, 0.29) is 60.0 Å². The molecule has 0 aromatic carbocycles. The summed E-state index contributed by atoms with van der Waals surface area (Å²) in [5, 5.41) is 6.02. The number of alkyl carbamates (subject to hydrolysis) is 1. The zero-order valence-electron chi connectivity index (χ0n) is 21.3. The van der Waals surface area contributed by atoms with Gasteiger partial charge in [-0.2, -0.15) is 0 Å². The lowest BCUT2D eigenvalue weighted by molar-refractivity contribution is -0.120. The Balaban J connectivity index is 1.30. The van der Waals surface area contributed by atoms with Crippen molar-refractivity contribution in [1.82, 2.24) is 15.4 Å². The van der Waals surface area contributed by atoms with E-state index in [2.05, 4.69) is 55.0 Å². The Morgan fingerprint density at radius 2 is 1.77 bits per heavy atom. The summed E-state index contributed by atoms with van der Waals surface area (Å²) in [6.07, 6.45) is 6.91. The monoisotopic (exact) mass is 511 g/mol. The Morgan fingerprint density at radius 3 is 2.34 bits per heavy atom. The van der Waals surface area contributed by atoms with Crippen molar-refractivity contribution in [2.24, 2.45) is 5.92 Å². The average molecular weight is 512 g/mol. The molecule has 4 unspecified atom stereocenters. The number of allylic oxidation sites excluding steroid dienone is 1. The minimum atomic E-state index is -0.404. The van der Waals surface area contributed by atoms with E-state index >= 15 is 0 Å². The highest BCUT2D eigenvalue weighted by Gasteiger charge is 2.72. The third-order valence-electron chi connectivity index (χ3n) is 8.15. The average Bonchev–Trinajstić information content (AvgIpc) is 3.72. The third kappa shape index (κ3) is 6.15. The number of epoxide rings is 2. The zero-order valence-corrected chi connectivity index (χ0v) is 22.2. The van der Waals surface area contributed by atoms with Crippen LogP contribution in [0.15, 0.2) is 11.6 Å². The number of methoxy groups -OCH3 is 1. The second-order valence-electron chi connectivity index (χ2n) is 10.9. The van der Waals surface area contributed by atoms with Crippen LogP contribution in [-0.4, -0.2) is 73.9 Å². The molecule has 2 amide bonds. The molecule has 4 rings (SSSR count). The Morgan fingerprint density at radius 1 is 1.11 bits per heavy atom. The summed E-state index contributed by atoms with van der Waals surface area (Å²) < 4.78 is 26.7. The molecule has 6 atom stereocenters. The van der Waals surface area contributed by atoms with Crippen molar-refractivity contribution in [3.05, 3.63) is 11.6 Å². The van der Waals surface area contributed by atoms with Crippen LogP contribution in [0.2, 0.25) is 0 Å². The minimum absolute atomic E-state index is 0.00732. The van der Waals surface area contributed by atoms with Gasteiger partial charge in [0.25, 0.3) is 0 Å². The standard InChI is InChI=1S/C25H41N3O6S/c1-15(2)5-10-19-24(3,34-19)22-21(31-4)18(11-12-25(22)14-32-25)33-23(30)28-17-8-6-16(7-9-17)27-20(29)13-26-35/h5,16-19,21-22,26,35H,6-14H2,1-4H3,(H,27,29)(H,28,30)/t16-,17-,18?,19?,21?,22?,24-,25+/m1/s1. The fourth-order valence-electron chi connectivity index (χ4n) is 6.14. The lowest BCUT2D eigenvalue weighted by atomic mass is 9.68. The van der Waals surface area contributed by atoms with Gasteiger partial charge in [-0.05, 0) is 65.7 Å². The smallest absolute Gasteiger partial charge is 0.407 e. The van der Waals surface area contributed by atoms with Crippen molar-refractivity contribution in [1.29, 1.82) is 0 Å². The summed E-state index contributed by atoms with van der Waals surface area (Å²) in [5.74, 6) is -0.0602. The van der Waals surface area contributed by atoms with Gasteiger partial charge in [0, 0.05) is 19.2 Å². The predicted octanol–water partition coefficient (Wildman–Crippen LogP) is 2.65. The van der Waals surface area contributed by atoms with Crippen LogP contribution < -0.4 is 15.4 Å². The molecule has 2 aliphatic carbocycles. The molecule has 2 saturated heterocycles. The highest BCUT2D eigenvalue weighted by Crippen LogP contribution is 2.59. The van der Waals surface area contributed by atoms with Crippen LogP contribution in [0.4, 0.5) is 4.79 Å². The van der Waals surface area contributed by atoms with Gasteiger partial charge >= 0.3 is 6.09 Å².